The van der Waals surface area contributed by atoms with Crippen LogP contribution in [0, 0.1) is 0 Å². The van der Waals surface area contributed by atoms with Crippen LogP contribution in [0.3, 0.4) is 0 Å². The molecule has 30 heavy (non-hydrogen) atoms. The summed E-state index contributed by atoms with van der Waals surface area (Å²) in [6.07, 6.45) is 0.156. The second-order valence-electron chi connectivity index (χ2n) is 8.31. The van der Waals surface area contributed by atoms with Crippen LogP contribution in [0.15, 0.2) is 54.6 Å². The Bertz CT molecular complexity index is 916. The van der Waals surface area contributed by atoms with Gasteiger partial charge in [0.2, 0.25) is 11.8 Å². The van der Waals surface area contributed by atoms with E-state index in [0.717, 1.165) is 5.56 Å². The zero-order valence-electron chi connectivity index (χ0n) is 17.9. The number of ether oxygens (including phenoxy) is 1. The van der Waals surface area contributed by atoms with Crippen molar-refractivity contribution in [2.75, 3.05) is 11.5 Å². The van der Waals surface area contributed by atoms with E-state index in [1.54, 1.807) is 29.2 Å². The Kier molecular flexibility index (Phi) is 6.25. The minimum atomic E-state index is -0.819. The summed E-state index contributed by atoms with van der Waals surface area (Å²) in [5.41, 5.74) is 0.749. The molecule has 2 aromatic rings. The van der Waals surface area contributed by atoms with Crippen molar-refractivity contribution >= 4 is 23.4 Å². The van der Waals surface area contributed by atoms with E-state index in [1.165, 1.54) is 4.90 Å². The SMILES string of the molecule is CCOc1ccc(N2C(=O)CC(N(C(=O)Cc3ccccc3)C(C)(C)C)C2=O)cc1. The predicted molar refractivity (Wildman–Crippen MR) is 115 cm³/mol. The molecule has 0 aliphatic carbocycles. The first kappa shape index (κ1) is 21.6. The standard InChI is InChI=1S/C24H28N2O4/c1-5-30-19-13-11-18(12-14-19)25-21(27)16-20(23(25)29)26(24(2,3)4)22(28)15-17-9-7-6-8-10-17/h6-14,20H,5,15-16H2,1-4H3. The normalized spacial score (nSPS) is 16.7. The highest BCUT2D eigenvalue weighted by atomic mass is 16.5. The van der Waals surface area contributed by atoms with Crippen LogP contribution < -0.4 is 9.64 Å². The van der Waals surface area contributed by atoms with Gasteiger partial charge in [0.15, 0.2) is 0 Å². The van der Waals surface area contributed by atoms with Crippen molar-refractivity contribution in [1.29, 1.82) is 0 Å². The highest BCUT2D eigenvalue weighted by molar-refractivity contribution is 6.23. The number of rotatable bonds is 6. The van der Waals surface area contributed by atoms with Gasteiger partial charge in [-0.15, -0.1) is 0 Å². The monoisotopic (exact) mass is 408 g/mol. The Morgan fingerprint density at radius 1 is 1.07 bits per heavy atom. The lowest BCUT2D eigenvalue weighted by atomic mass is 9.99. The first-order chi connectivity index (χ1) is 14.2. The van der Waals surface area contributed by atoms with Gasteiger partial charge in [0.1, 0.15) is 11.8 Å². The molecule has 1 fully saturated rings. The number of nitrogens with zero attached hydrogens (tertiary/aromatic N) is 2. The molecule has 2 aromatic carbocycles. The summed E-state index contributed by atoms with van der Waals surface area (Å²) >= 11 is 0. The summed E-state index contributed by atoms with van der Waals surface area (Å²) < 4.78 is 5.43. The van der Waals surface area contributed by atoms with E-state index >= 15 is 0 Å². The lowest BCUT2D eigenvalue weighted by Gasteiger charge is -2.39. The Morgan fingerprint density at radius 2 is 1.70 bits per heavy atom. The molecule has 6 heteroatoms. The number of hydrogen-bond acceptors (Lipinski definition) is 4. The summed E-state index contributed by atoms with van der Waals surface area (Å²) in [4.78, 5) is 41.9. The minimum Gasteiger partial charge on any atom is -0.494 e. The number of hydrogen-bond donors (Lipinski definition) is 0. The number of anilines is 1. The van der Waals surface area contributed by atoms with Gasteiger partial charge in [-0.25, -0.2) is 4.90 Å². The number of carbonyl (C=O) groups excluding carboxylic acids is 3. The quantitative estimate of drug-likeness (QED) is 0.685. The van der Waals surface area contributed by atoms with E-state index in [4.69, 9.17) is 4.74 Å². The third kappa shape index (κ3) is 4.53. The van der Waals surface area contributed by atoms with E-state index in [1.807, 2.05) is 58.0 Å². The first-order valence-corrected chi connectivity index (χ1v) is 10.2. The maximum Gasteiger partial charge on any atom is 0.257 e. The van der Waals surface area contributed by atoms with E-state index in [2.05, 4.69) is 0 Å². The molecule has 1 aliphatic heterocycles. The molecule has 1 saturated heterocycles. The topological polar surface area (TPSA) is 66.9 Å². The third-order valence-electron chi connectivity index (χ3n) is 5.03. The molecular weight excluding hydrogens is 380 g/mol. The molecular formula is C24H28N2O4. The van der Waals surface area contributed by atoms with Crippen LogP contribution in [-0.2, 0) is 20.8 Å². The molecule has 1 heterocycles. The molecule has 0 aromatic heterocycles. The minimum absolute atomic E-state index is 0.0240. The van der Waals surface area contributed by atoms with Crippen molar-refractivity contribution < 1.29 is 19.1 Å². The fourth-order valence-electron chi connectivity index (χ4n) is 3.82. The van der Waals surface area contributed by atoms with E-state index in [0.29, 0.717) is 18.0 Å². The van der Waals surface area contributed by atoms with Crippen molar-refractivity contribution in [3.63, 3.8) is 0 Å². The molecule has 6 nitrogen and oxygen atoms in total. The summed E-state index contributed by atoms with van der Waals surface area (Å²) in [6.45, 7) is 8.07. The van der Waals surface area contributed by atoms with E-state index in [-0.39, 0.29) is 30.6 Å². The van der Waals surface area contributed by atoms with Crippen molar-refractivity contribution in [2.24, 2.45) is 0 Å². The largest absolute Gasteiger partial charge is 0.494 e. The number of imide groups is 1. The molecule has 0 bridgehead atoms. The number of benzene rings is 2. The van der Waals surface area contributed by atoms with E-state index in [9.17, 15) is 14.4 Å². The van der Waals surface area contributed by atoms with Gasteiger partial charge in [-0.05, 0) is 57.5 Å². The van der Waals surface area contributed by atoms with Crippen LogP contribution in [0.2, 0.25) is 0 Å². The fraction of sp³-hybridized carbons (Fsp3) is 0.375. The first-order valence-electron chi connectivity index (χ1n) is 10.2. The van der Waals surface area contributed by atoms with Gasteiger partial charge in [-0.2, -0.15) is 0 Å². The Hall–Kier alpha value is -3.15. The lowest BCUT2D eigenvalue weighted by molar-refractivity contribution is -0.143. The molecule has 0 spiro atoms. The zero-order chi connectivity index (χ0) is 21.9. The molecule has 158 valence electrons. The fourth-order valence-corrected chi connectivity index (χ4v) is 3.82. The molecule has 1 unspecified atom stereocenters. The Labute approximate surface area is 177 Å². The number of carbonyl (C=O) groups is 3. The zero-order valence-corrected chi connectivity index (χ0v) is 17.9. The Morgan fingerprint density at radius 3 is 2.27 bits per heavy atom. The van der Waals surface area contributed by atoms with Gasteiger partial charge in [-0.1, -0.05) is 30.3 Å². The molecule has 1 aliphatic rings. The molecule has 0 saturated carbocycles. The van der Waals surface area contributed by atoms with Crippen molar-refractivity contribution in [1.82, 2.24) is 4.90 Å². The van der Waals surface area contributed by atoms with Crippen LogP contribution in [0.1, 0.15) is 39.7 Å². The highest BCUT2D eigenvalue weighted by Crippen LogP contribution is 2.31. The predicted octanol–water partition coefficient (Wildman–Crippen LogP) is 3.59. The molecule has 3 amide bonds. The smallest absolute Gasteiger partial charge is 0.257 e. The second kappa shape index (κ2) is 8.69. The molecule has 1 atom stereocenters. The molecule has 3 rings (SSSR count). The van der Waals surface area contributed by atoms with Crippen molar-refractivity contribution in [3.05, 3.63) is 60.2 Å². The van der Waals surface area contributed by atoms with Crippen LogP contribution in [-0.4, -0.2) is 40.8 Å². The second-order valence-corrected chi connectivity index (χ2v) is 8.31. The average molecular weight is 408 g/mol. The summed E-state index contributed by atoms with van der Waals surface area (Å²) in [7, 11) is 0. The van der Waals surface area contributed by atoms with Gasteiger partial charge < -0.3 is 9.64 Å². The summed E-state index contributed by atoms with van der Waals surface area (Å²) in [5.74, 6) is -0.184. The number of amides is 3. The van der Waals surface area contributed by atoms with Gasteiger partial charge in [0.25, 0.3) is 5.91 Å². The van der Waals surface area contributed by atoms with Crippen LogP contribution in [0.4, 0.5) is 5.69 Å². The molecule has 0 radical (unpaired) electrons. The van der Waals surface area contributed by atoms with Gasteiger partial charge >= 0.3 is 0 Å². The van der Waals surface area contributed by atoms with Gasteiger partial charge in [0.05, 0.1) is 25.1 Å². The summed E-state index contributed by atoms with van der Waals surface area (Å²) in [5, 5.41) is 0. The van der Waals surface area contributed by atoms with Gasteiger partial charge in [0, 0.05) is 5.54 Å². The maximum atomic E-state index is 13.3. The maximum absolute atomic E-state index is 13.3. The van der Waals surface area contributed by atoms with Crippen LogP contribution in [0.5, 0.6) is 5.75 Å². The Balaban J connectivity index is 1.85. The van der Waals surface area contributed by atoms with E-state index < -0.39 is 11.6 Å². The van der Waals surface area contributed by atoms with Crippen molar-refractivity contribution in [2.45, 2.75) is 52.1 Å². The van der Waals surface area contributed by atoms with Gasteiger partial charge in [-0.3, -0.25) is 14.4 Å². The highest BCUT2D eigenvalue weighted by Gasteiger charge is 2.47. The molecule has 0 N–H and O–H groups in total. The van der Waals surface area contributed by atoms with Crippen molar-refractivity contribution in [3.8, 4) is 5.75 Å². The lowest BCUT2D eigenvalue weighted by Crippen LogP contribution is -2.55. The van der Waals surface area contributed by atoms with Crippen LogP contribution in [0.25, 0.3) is 0 Å². The summed E-state index contributed by atoms with van der Waals surface area (Å²) in [6, 6.07) is 15.4. The third-order valence-corrected chi connectivity index (χ3v) is 5.03. The average Bonchev–Trinajstić information content (AvgIpc) is 2.96. The van der Waals surface area contributed by atoms with Crippen LogP contribution >= 0.6 is 0 Å².